The molecule has 2 N–H and O–H groups in total. The van der Waals surface area contributed by atoms with E-state index in [0.29, 0.717) is 23.7 Å². The zero-order valence-electron chi connectivity index (χ0n) is 9.01. The molecule has 5 nitrogen and oxygen atoms in total. The van der Waals surface area contributed by atoms with Crippen LogP contribution >= 0.6 is 11.6 Å². The van der Waals surface area contributed by atoms with E-state index in [1.807, 2.05) is 0 Å². The molecule has 6 heteroatoms. The Hall–Kier alpha value is -1.72. The maximum atomic E-state index is 12.1. The van der Waals surface area contributed by atoms with Crippen molar-refractivity contribution in [2.24, 2.45) is 5.73 Å². The van der Waals surface area contributed by atoms with E-state index >= 15 is 0 Å². The standard InChI is InChI=1S/C11H11ClN4O/c12-9-4-2-1-3-8(9)11(17)10-7-16(6-5-13)15-14-10/h1-4,7H,5-6,13H2. The fraction of sp³-hybridized carbons (Fsp3) is 0.182. The molecule has 1 aromatic heterocycles. The number of aromatic nitrogens is 3. The molecule has 0 spiro atoms. The largest absolute Gasteiger partial charge is 0.329 e. The second-order valence-corrected chi connectivity index (χ2v) is 3.87. The fourth-order valence-electron chi connectivity index (χ4n) is 1.43. The van der Waals surface area contributed by atoms with Gasteiger partial charge in [-0.05, 0) is 12.1 Å². The molecule has 0 aliphatic rings. The number of hydrogen-bond donors (Lipinski definition) is 1. The third kappa shape index (κ3) is 2.51. The van der Waals surface area contributed by atoms with Crippen molar-refractivity contribution in [2.45, 2.75) is 6.54 Å². The van der Waals surface area contributed by atoms with E-state index in [9.17, 15) is 4.79 Å². The lowest BCUT2D eigenvalue weighted by Crippen LogP contribution is -2.10. The van der Waals surface area contributed by atoms with Gasteiger partial charge in [-0.2, -0.15) is 0 Å². The van der Waals surface area contributed by atoms with E-state index in [-0.39, 0.29) is 11.5 Å². The van der Waals surface area contributed by atoms with Crippen LogP contribution in [0.3, 0.4) is 0 Å². The summed E-state index contributed by atoms with van der Waals surface area (Å²) in [5, 5.41) is 8.01. The number of rotatable bonds is 4. The van der Waals surface area contributed by atoms with Gasteiger partial charge < -0.3 is 5.73 Å². The van der Waals surface area contributed by atoms with Gasteiger partial charge in [0.2, 0.25) is 5.78 Å². The van der Waals surface area contributed by atoms with Gasteiger partial charge in [0.05, 0.1) is 17.8 Å². The first kappa shape index (κ1) is 11.8. The van der Waals surface area contributed by atoms with Crippen LogP contribution in [0.25, 0.3) is 0 Å². The summed E-state index contributed by atoms with van der Waals surface area (Å²) in [6, 6.07) is 6.85. The Morgan fingerprint density at radius 2 is 2.18 bits per heavy atom. The first-order valence-electron chi connectivity index (χ1n) is 5.12. The molecule has 0 unspecified atom stereocenters. The molecular formula is C11H11ClN4O. The number of carbonyl (C=O) groups is 1. The number of hydrogen-bond acceptors (Lipinski definition) is 4. The summed E-state index contributed by atoms with van der Waals surface area (Å²) < 4.78 is 1.53. The monoisotopic (exact) mass is 250 g/mol. The number of halogens is 1. The van der Waals surface area contributed by atoms with Crippen LogP contribution in [0.15, 0.2) is 30.5 Å². The molecule has 88 valence electrons. The molecule has 2 aromatic rings. The van der Waals surface area contributed by atoms with Crippen molar-refractivity contribution >= 4 is 17.4 Å². The molecule has 1 heterocycles. The van der Waals surface area contributed by atoms with Crippen LogP contribution in [-0.4, -0.2) is 27.3 Å². The van der Waals surface area contributed by atoms with Gasteiger partial charge in [0, 0.05) is 12.1 Å². The highest BCUT2D eigenvalue weighted by atomic mass is 35.5. The number of benzene rings is 1. The van der Waals surface area contributed by atoms with Crippen molar-refractivity contribution in [1.82, 2.24) is 15.0 Å². The SMILES string of the molecule is NCCn1cc(C(=O)c2ccccc2Cl)nn1. The first-order chi connectivity index (χ1) is 8.22. The Kier molecular flexibility index (Phi) is 3.51. The Balaban J connectivity index is 2.28. The zero-order valence-corrected chi connectivity index (χ0v) is 9.76. The van der Waals surface area contributed by atoms with E-state index in [4.69, 9.17) is 17.3 Å². The van der Waals surface area contributed by atoms with Crippen LogP contribution in [0.1, 0.15) is 16.1 Å². The minimum absolute atomic E-state index is 0.237. The lowest BCUT2D eigenvalue weighted by Gasteiger charge is -1.99. The van der Waals surface area contributed by atoms with E-state index in [1.54, 1.807) is 30.5 Å². The van der Waals surface area contributed by atoms with Crippen LogP contribution in [-0.2, 0) is 6.54 Å². The molecule has 2 rings (SSSR count). The molecule has 0 saturated carbocycles. The summed E-state index contributed by atoms with van der Waals surface area (Å²) in [6.45, 7) is 0.978. The minimum Gasteiger partial charge on any atom is -0.329 e. The Morgan fingerprint density at radius 3 is 2.88 bits per heavy atom. The predicted molar refractivity (Wildman–Crippen MR) is 64.0 cm³/mol. The highest BCUT2D eigenvalue weighted by Crippen LogP contribution is 2.17. The summed E-state index contributed by atoms with van der Waals surface area (Å²) in [7, 11) is 0. The third-order valence-corrected chi connectivity index (χ3v) is 2.58. The molecule has 1 aromatic carbocycles. The first-order valence-corrected chi connectivity index (χ1v) is 5.49. The number of carbonyl (C=O) groups excluding carboxylic acids is 1. The smallest absolute Gasteiger partial charge is 0.216 e. The molecule has 0 aliphatic carbocycles. The highest BCUT2D eigenvalue weighted by Gasteiger charge is 2.15. The zero-order chi connectivity index (χ0) is 12.3. The van der Waals surface area contributed by atoms with Crippen molar-refractivity contribution < 1.29 is 4.79 Å². The number of nitrogens with zero attached hydrogens (tertiary/aromatic N) is 3. The summed E-state index contributed by atoms with van der Waals surface area (Å²) in [5.74, 6) is -0.237. The van der Waals surface area contributed by atoms with Crippen LogP contribution in [0, 0.1) is 0 Å². The van der Waals surface area contributed by atoms with Gasteiger partial charge in [-0.3, -0.25) is 9.48 Å². The highest BCUT2D eigenvalue weighted by molar-refractivity contribution is 6.34. The average molecular weight is 251 g/mol. The van der Waals surface area contributed by atoms with Crippen molar-refractivity contribution in [3.05, 3.63) is 46.7 Å². The predicted octanol–water partition coefficient (Wildman–Crippen LogP) is 1.12. The van der Waals surface area contributed by atoms with E-state index in [1.165, 1.54) is 4.68 Å². The maximum Gasteiger partial charge on any atom is 0.216 e. The van der Waals surface area contributed by atoms with Crippen molar-refractivity contribution in [3.8, 4) is 0 Å². The molecule has 0 atom stereocenters. The topological polar surface area (TPSA) is 73.8 Å². The average Bonchev–Trinajstić information content (AvgIpc) is 2.78. The molecule has 17 heavy (non-hydrogen) atoms. The molecule has 0 amide bonds. The third-order valence-electron chi connectivity index (χ3n) is 2.25. The molecule has 0 fully saturated rings. The normalized spacial score (nSPS) is 10.5. The lowest BCUT2D eigenvalue weighted by molar-refractivity contribution is 0.103. The Labute approximate surface area is 103 Å². The molecule has 0 bridgehead atoms. The second-order valence-electron chi connectivity index (χ2n) is 3.46. The Morgan fingerprint density at radius 1 is 1.41 bits per heavy atom. The number of ketones is 1. The quantitative estimate of drug-likeness (QED) is 0.826. The Bertz CT molecular complexity index is 538. The minimum atomic E-state index is -0.237. The van der Waals surface area contributed by atoms with Crippen LogP contribution < -0.4 is 5.73 Å². The summed E-state index contributed by atoms with van der Waals surface area (Å²) >= 11 is 5.94. The summed E-state index contributed by atoms with van der Waals surface area (Å²) in [6.07, 6.45) is 1.57. The maximum absolute atomic E-state index is 12.1. The molecule has 0 radical (unpaired) electrons. The molecule has 0 aliphatic heterocycles. The lowest BCUT2D eigenvalue weighted by atomic mass is 10.1. The van der Waals surface area contributed by atoms with Gasteiger partial charge in [-0.15, -0.1) is 5.10 Å². The van der Waals surface area contributed by atoms with E-state index in [0.717, 1.165) is 0 Å². The van der Waals surface area contributed by atoms with Gasteiger partial charge in [-0.1, -0.05) is 28.9 Å². The van der Waals surface area contributed by atoms with Gasteiger partial charge in [0.25, 0.3) is 0 Å². The van der Waals surface area contributed by atoms with E-state index in [2.05, 4.69) is 10.3 Å². The van der Waals surface area contributed by atoms with Crippen LogP contribution in [0.5, 0.6) is 0 Å². The molecular weight excluding hydrogens is 240 g/mol. The van der Waals surface area contributed by atoms with Crippen molar-refractivity contribution in [1.29, 1.82) is 0 Å². The summed E-state index contributed by atoms with van der Waals surface area (Å²) in [4.78, 5) is 12.1. The summed E-state index contributed by atoms with van der Waals surface area (Å²) in [5.41, 5.74) is 6.08. The van der Waals surface area contributed by atoms with Gasteiger partial charge in [0.15, 0.2) is 5.69 Å². The second kappa shape index (κ2) is 5.07. The fourth-order valence-corrected chi connectivity index (χ4v) is 1.65. The van der Waals surface area contributed by atoms with Crippen molar-refractivity contribution in [2.75, 3.05) is 6.54 Å². The van der Waals surface area contributed by atoms with Gasteiger partial charge in [0.1, 0.15) is 0 Å². The van der Waals surface area contributed by atoms with Gasteiger partial charge >= 0.3 is 0 Å². The molecule has 0 saturated heterocycles. The van der Waals surface area contributed by atoms with Crippen molar-refractivity contribution in [3.63, 3.8) is 0 Å². The van der Waals surface area contributed by atoms with E-state index < -0.39 is 0 Å². The van der Waals surface area contributed by atoms with Crippen LogP contribution in [0.2, 0.25) is 5.02 Å². The number of nitrogens with two attached hydrogens (primary N) is 1. The van der Waals surface area contributed by atoms with Gasteiger partial charge in [-0.25, -0.2) is 0 Å². The van der Waals surface area contributed by atoms with Crippen LogP contribution in [0.4, 0.5) is 0 Å².